The van der Waals surface area contributed by atoms with Crippen LogP contribution in [0, 0.1) is 0 Å². The minimum Gasteiger partial charge on any atom is -0.465 e. The molecule has 1 aromatic heterocycles. The summed E-state index contributed by atoms with van der Waals surface area (Å²) >= 11 is 0. The maximum absolute atomic E-state index is 12.4. The third-order valence-corrected chi connectivity index (χ3v) is 4.05. The van der Waals surface area contributed by atoms with Crippen LogP contribution in [0.2, 0.25) is 0 Å². The fraction of sp³-hybridized carbons (Fsp3) is 0.150. The van der Waals surface area contributed by atoms with Crippen molar-refractivity contribution >= 4 is 17.6 Å². The molecule has 1 aromatic carbocycles. The summed E-state index contributed by atoms with van der Waals surface area (Å²) in [7, 11) is 2.49. The van der Waals surface area contributed by atoms with Crippen LogP contribution in [0.15, 0.2) is 70.6 Å². The van der Waals surface area contributed by atoms with Gasteiger partial charge in [-0.05, 0) is 24.3 Å². The van der Waals surface area contributed by atoms with Gasteiger partial charge in [0.05, 0.1) is 19.8 Å². The number of ether oxygens (including phenoxy) is 2. The molecule has 0 bridgehead atoms. The molecule has 0 saturated heterocycles. The molecule has 0 unspecified atom stereocenters. The Morgan fingerprint density at radius 3 is 2.43 bits per heavy atom. The van der Waals surface area contributed by atoms with Gasteiger partial charge in [0.2, 0.25) is 0 Å². The van der Waals surface area contributed by atoms with E-state index in [1.807, 2.05) is 0 Å². The summed E-state index contributed by atoms with van der Waals surface area (Å²) in [5, 5.41) is 13.0. The van der Waals surface area contributed by atoms with Crippen molar-refractivity contribution in [3.05, 3.63) is 71.8 Å². The Morgan fingerprint density at radius 1 is 1.11 bits per heavy atom. The topological polar surface area (TPSA) is 102 Å². The minimum atomic E-state index is -0.676. The first-order valence-corrected chi connectivity index (χ1v) is 8.31. The Kier molecular flexibility index (Phi) is 5.71. The zero-order valence-electron chi connectivity index (χ0n) is 15.3. The number of aromatic nitrogens is 1. The molecular formula is C20H18N2O6. The number of hydrogen-bond donors (Lipinski definition) is 1. The molecule has 0 spiro atoms. The van der Waals surface area contributed by atoms with E-state index in [0.717, 1.165) is 5.56 Å². The van der Waals surface area contributed by atoms with Gasteiger partial charge in [0.1, 0.15) is 18.0 Å². The first kappa shape index (κ1) is 19.1. The molecule has 0 amide bonds. The summed E-state index contributed by atoms with van der Waals surface area (Å²) in [6.07, 6.45) is 6.47. The summed E-state index contributed by atoms with van der Waals surface area (Å²) in [4.78, 5) is 26.1. The maximum atomic E-state index is 12.4. The van der Waals surface area contributed by atoms with E-state index in [0.29, 0.717) is 17.1 Å². The second kappa shape index (κ2) is 8.36. The second-order valence-corrected chi connectivity index (χ2v) is 5.70. The van der Waals surface area contributed by atoms with E-state index in [1.54, 1.807) is 53.6 Å². The van der Waals surface area contributed by atoms with E-state index in [9.17, 15) is 9.59 Å². The number of rotatable bonds is 5. The standard InChI is InChI=1S/C20H18N2O6/c1-26-19(24)16-5-3-4-10-22(18(16)20(25)27-2)14-8-6-13(7-9-14)17-11-15(12-23)28-21-17/h3-11,23H,12H2,1-2H3. The summed E-state index contributed by atoms with van der Waals surface area (Å²) in [6.45, 7) is -0.236. The van der Waals surface area contributed by atoms with Gasteiger partial charge in [-0.2, -0.15) is 0 Å². The quantitative estimate of drug-likeness (QED) is 0.786. The summed E-state index contributed by atoms with van der Waals surface area (Å²) in [6, 6.07) is 8.73. The van der Waals surface area contributed by atoms with Gasteiger partial charge in [-0.25, -0.2) is 9.59 Å². The van der Waals surface area contributed by atoms with Crippen molar-refractivity contribution < 1.29 is 28.7 Å². The molecule has 1 N–H and O–H groups in total. The SMILES string of the molecule is COC(=O)C1=C(C(=O)OC)N(c2ccc(-c3cc(CO)on3)cc2)C=CC=C1. The summed E-state index contributed by atoms with van der Waals surface area (Å²) in [5.41, 5.74) is 2.07. The Balaban J connectivity index is 2.02. The molecule has 1 aliphatic rings. The molecule has 3 rings (SSSR count). The highest BCUT2D eigenvalue weighted by atomic mass is 16.5. The lowest BCUT2D eigenvalue weighted by atomic mass is 10.1. The zero-order chi connectivity index (χ0) is 20.1. The second-order valence-electron chi connectivity index (χ2n) is 5.70. The highest BCUT2D eigenvalue weighted by Crippen LogP contribution is 2.28. The van der Waals surface area contributed by atoms with Crippen molar-refractivity contribution in [1.82, 2.24) is 5.16 Å². The highest BCUT2D eigenvalue weighted by molar-refractivity contribution is 6.05. The van der Waals surface area contributed by atoms with Crippen LogP contribution in [-0.4, -0.2) is 36.4 Å². The molecule has 8 heteroatoms. The van der Waals surface area contributed by atoms with Crippen LogP contribution in [0.3, 0.4) is 0 Å². The largest absolute Gasteiger partial charge is 0.465 e. The fourth-order valence-corrected chi connectivity index (χ4v) is 2.68. The Bertz CT molecular complexity index is 969. The van der Waals surface area contributed by atoms with Gasteiger partial charge in [-0.3, -0.25) is 0 Å². The molecule has 0 saturated carbocycles. The van der Waals surface area contributed by atoms with Crippen LogP contribution in [0.5, 0.6) is 0 Å². The molecule has 2 aromatic rings. The number of carbonyl (C=O) groups is 2. The zero-order valence-corrected chi connectivity index (χ0v) is 15.3. The molecule has 144 valence electrons. The van der Waals surface area contributed by atoms with Crippen molar-refractivity contribution in [3.63, 3.8) is 0 Å². The molecule has 0 aliphatic carbocycles. The van der Waals surface area contributed by atoms with E-state index >= 15 is 0 Å². The van der Waals surface area contributed by atoms with Crippen LogP contribution < -0.4 is 4.90 Å². The lowest BCUT2D eigenvalue weighted by Crippen LogP contribution is -2.26. The third-order valence-electron chi connectivity index (χ3n) is 4.05. The molecule has 1 aliphatic heterocycles. The molecule has 28 heavy (non-hydrogen) atoms. The number of nitrogens with zero attached hydrogens (tertiary/aromatic N) is 2. The van der Waals surface area contributed by atoms with Crippen molar-refractivity contribution in [1.29, 1.82) is 0 Å². The Hall–Kier alpha value is -3.65. The van der Waals surface area contributed by atoms with Gasteiger partial charge in [-0.1, -0.05) is 23.4 Å². The van der Waals surface area contributed by atoms with Gasteiger partial charge in [0.25, 0.3) is 0 Å². The molecule has 8 nitrogen and oxygen atoms in total. The van der Waals surface area contributed by atoms with Gasteiger partial charge < -0.3 is 24.0 Å². The summed E-state index contributed by atoms with van der Waals surface area (Å²) in [5.74, 6) is -0.968. The third kappa shape index (κ3) is 3.72. The smallest absolute Gasteiger partial charge is 0.355 e. The minimum absolute atomic E-state index is 0.0381. The van der Waals surface area contributed by atoms with Crippen molar-refractivity contribution in [2.45, 2.75) is 6.61 Å². The van der Waals surface area contributed by atoms with E-state index in [4.69, 9.17) is 19.1 Å². The first-order valence-electron chi connectivity index (χ1n) is 8.31. The number of benzene rings is 1. The number of anilines is 1. The molecule has 2 heterocycles. The van der Waals surface area contributed by atoms with Crippen LogP contribution in [0.4, 0.5) is 5.69 Å². The van der Waals surface area contributed by atoms with Crippen LogP contribution in [0.1, 0.15) is 5.76 Å². The maximum Gasteiger partial charge on any atom is 0.355 e. The predicted octanol–water partition coefficient (Wildman–Crippen LogP) is 2.32. The monoisotopic (exact) mass is 382 g/mol. The van der Waals surface area contributed by atoms with Crippen LogP contribution in [0.25, 0.3) is 11.3 Å². The van der Waals surface area contributed by atoms with Crippen molar-refractivity contribution in [3.8, 4) is 11.3 Å². The van der Waals surface area contributed by atoms with Crippen molar-refractivity contribution in [2.75, 3.05) is 19.1 Å². The normalized spacial score (nSPS) is 13.5. The predicted molar refractivity (Wildman–Crippen MR) is 99.7 cm³/mol. The number of allylic oxidation sites excluding steroid dienone is 2. The number of carbonyl (C=O) groups excluding carboxylic acids is 2. The first-order chi connectivity index (χ1) is 13.6. The van der Waals surface area contributed by atoms with Gasteiger partial charge in [-0.15, -0.1) is 0 Å². The number of hydrogen-bond acceptors (Lipinski definition) is 8. The Morgan fingerprint density at radius 2 is 1.82 bits per heavy atom. The van der Waals surface area contributed by atoms with Crippen LogP contribution in [-0.2, 0) is 25.7 Å². The average Bonchev–Trinajstić information content (AvgIpc) is 3.11. The number of aliphatic hydroxyl groups is 1. The van der Waals surface area contributed by atoms with E-state index in [2.05, 4.69) is 5.16 Å². The van der Waals surface area contributed by atoms with E-state index in [-0.39, 0.29) is 17.9 Å². The van der Waals surface area contributed by atoms with E-state index in [1.165, 1.54) is 20.3 Å². The Labute approximate surface area is 160 Å². The molecular weight excluding hydrogens is 364 g/mol. The average molecular weight is 382 g/mol. The van der Waals surface area contributed by atoms with Gasteiger partial charge in [0, 0.05) is 23.5 Å². The van der Waals surface area contributed by atoms with Crippen molar-refractivity contribution in [2.24, 2.45) is 0 Å². The number of aliphatic hydroxyl groups excluding tert-OH is 1. The lowest BCUT2D eigenvalue weighted by Gasteiger charge is -2.23. The van der Waals surface area contributed by atoms with Gasteiger partial charge in [0.15, 0.2) is 5.76 Å². The number of esters is 2. The lowest BCUT2D eigenvalue weighted by molar-refractivity contribution is -0.139. The molecule has 0 radical (unpaired) electrons. The fourth-order valence-electron chi connectivity index (χ4n) is 2.68. The van der Waals surface area contributed by atoms with E-state index < -0.39 is 11.9 Å². The molecule has 0 atom stereocenters. The molecule has 0 fully saturated rings. The van der Waals surface area contributed by atoms with Gasteiger partial charge >= 0.3 is 11.9 Å². The van der Waals surface area contributed by atoms with Crippen LogP contribution >= 0.6 is 0 Å². The highest BCUT2D eigenvalue weighted by Gasteiger charge is 2.27. The summed E-state index contributed by atoms with van der Waals surface area (Å²) < 4.78 is 14.7. The number of methoxy groups -OCH3 is 2.